The van der Waals surface area contributed by atoms with Crippen LogP contribution < -0.4 is 5.53 Å². The summed E-state index contributed by atoms with van der Waals surface area (Å²) in [5.41, 5.74) is 3.77. The van der Waals surface area contributed by atoms with Crippen LogP contribution in [0, 0.1) is 5.92 Å². The summed E-state index contributed by atoms with van der Waals surface area (Å²) in [6.07, 6.45) is 26.7. The average Bonchev–Trinajstić information content (AvgIpc) is 2.75. The van der Waals surface area contributed by atoms with Crippen molar-refractivity contribution in [3.05, 3.63) is 0 Å². The third kappa shape index (κ3) is 15.6. The number of nitrogens with one attached hydrogen (secondary N) is 1. The lowest BCUT2D eigenvalue weighted by Crippen LogP contribution is -2.58. The summed E-state index contributed by atoms with van der Waals surface area (Å²) in [6.45, 7) is 11.9. The summed E-state index contributed by atoms with van der Waals surface area (Å²) in [7, 11) is 0. The highest BCUT2D eigenvalue weighted by atomic mass is 15.8. The van der Waals surface area contributed by atoms with Crippen LogP contribution in [0.2, 0.25) is 0 Å². The Labute approximate surface area is 190 Å². The van der Waals surface area contributed by atoms with Crippen molar-refractivity contribution in [1.82, 2.24) is 15.6 Å². The summed E-state index contributed by atoms with van der Waals surface area (Å²) in [5, 5.41) is 5.12. The maximum absolute atomic E-state index is 3.77. The van der Waals surface area contributed by atoms with Crippen molar-refractivity contribution in [3.63, 3.8) is 0 Å². The molecule has 0 aromatic heterocycles. The average molecular weight is 424 g/mol. The van der Waals surface area contributed by atoms with Crippen LogP contribution in [0.15, 0.2) is 0 Å². The van der Waals surface area contributed by atoms with Crippen LogP contribution in [0.25, 0.3) is 0 Å². The van der Waals surface area contributed by atoms with Crippen molar-refractivity contribution in [2.45, 2.75) is 143 Å². The molecule has 1 rings (SSSR count). The number of hydrogen-bond acceptors (Lipinski definition) is 3. The Morgan fingerprint density at radius 2 is 0.867 bits per heavy atom. The van der Waals surface area contributed by atoms with E-state index >= 15 is 0 Å². The predicted molar refractivity (Wildman–Crippen MR) is 135 cm³/mol. The van der Waals surface area contributed by atoms with E-state index in [0.29, 0.717) is 0 Å². The Bertz CT molecular complexity index is 289. The lowest BCUT2D eigenvalue weighted by Gasteiger charge is -2.41. The standard InChI is InChI=1S/C27H57N3/c1-4-7-10-13-16-19-22-27-25-29(23-20-17-14-11-8-5-2)28-30(26-27)24-21-18-15-12-9-6-3/h27-28H,4-26H2,1-3H3. The monoisotopic (exact) mass is 423 g/mol. The molecule has 0 atom stereocenters. The van der Waals surface area contributed by atoms with Gasteiger partial charge in [-0.1, -0.05) is 124 Å². The highest BCUT2D eigenvalue weighted by Gasteiger charge is 2.24. The molecule has 0 spiro atoms. The topological polar surface area (TPSA) is 18.5 Å². The second-order valence-electron chi connectivity index (χ2n) is 9.95. The minimum atomic E-state index is 0.859. The zero-order valence-corrected chi connectivity index (χ0v) is 21.2. The third-order valence-corrected chi connectivity index (χ3v) is 6.77. The normalized spacial score (nSPS) is 16.5. The summed E-state index contributed by atoms with van der Waals surface area (Å²) >= 11 is 0. The van der Waals surface area contributed by atoms with Crippen LogP contribution >= 0.6 is 0 Å². The molecule has 0 radical (unpaired) electrons. The van der Waals surface area contributed by atoms with E-state index in [0.717, 1.165) is 5.92 Å². The Morgan fingerprint density at radius 1 is 0.500 bits per heavy atom. The molecule has 0 amide bonds. The number of hydrogen-bond donors (Lipinski definition) is 1. The summed E-state index contributed by atoms with van der Waals surface area (Å²) in [5.74, 6) is 0.859. The van der Waals surface area contributed by atoms with Gasteiger partial charge in [-0.2, -0.15) is 5.53 Å². The van der Waals surface area contributed by atoms with Gasteiger partial charge in [-0.05, 0) is 25.2 Å². The molecule has 1 N–H and O–H groups in total. The van der Waals surface area contributed by atoms with Gasteiger partial charge in [-0.3, -0.25) is 0 Å². The van der Waals surface area contributed by atoms with Gasteiger partial charge in [-0.25, -0.2) is 10.0 Å². The maximum atomic E-state index is 3.77. The lowest BCUT2D eigenvalue weighted by atomic mass is 9.98. The van der Waals surface area contributed by atoms with Crippen molar-refractivity contribution < 1.29 is 0 Å². The molecule has 30 heavy (non-hydrogen) atoms. The number of nitrogens with zero attached hydrogens (tertiary/aromatic N) is 2. The van der Waals surface area contributed by atoms with E-state index in [9.17, 15) is 0 Å². The van der Waals surface area contributed by atoms with Gasteiger partial charge < -0.3 is 0 Å². The first-order valence-corrected chi connectivity index (χ1v) is 14.1. The number of hydrazine groups is 2. The van der Waals surface area contributed by atoms with E-state index in [-0.39, 0.29) is 0 Å². The zero-order valence-electron chi connectivity index (χ0n) is 21.2. The molecule has 1 aliphatic heterocycles. The maximum Gasteiger partial charge on any atom is 0.0185 e. The summed E-state index contributed by atoms with van der Waals surface area (Å²) in [6, 6.07) is 0. The van der Waals surface area contributed by atoms with Gasteiger partial charge in [0, 0.05) is 26.2 Å². The second kappa shape index (κ2) is 20.8. The number of unbranched alkanes of at least 4 members (excludes halogenated alkanes) is 15. The molecule has 3 nitrogen and oxygen atoms in total. The molecule has 0 aliphatic carbocycles. The zero-order chi connectivity index (χ0) is 21.7. The third-order valence-electron chi connectivity index (χ3n) is 6.77. The quantitative estimate of drug-likeness (QED) is 0.188. The van der Waals surface area contributed by atoms with E-state index in [1.54, 1.807) is 0 Å². The van der Waals surface area contributed by atoms with Crippen LogP contribution in [0.4, 0.5) is 0 Å². The van der Waals surface area contributed by atoms with Crippen LogP contribution in [-0.4, -0.2) is 36.2 Å². The van der Waals surface area contributed by atoms with Gasteiger partial charge in [0.15, 0.2) is 0 Å². The van der Waals surface area contributed by atoms with Crippen molar-refractivity contribution >= 4 is 0 Å². The Hall–Kier alpha value is -0.120. The molecule has 0 aromatic rings. The van der Waals surface area contributed by atoms with E-state index in [1.165, 1.54) is 148 Å². The number of rotatable bonds is 21. The summed E-state index contributed by atoms with van der Waals surface area (Å²) in [4.78, 5) is 0. The Morgan fingerprint density at radius 3 is 1.30 bits per heavy atom. The molecule has 1 heterocycles. The fourth-order valence-electron chi connectivity index (χ4n) is 4.81. The molecule has 180 valence electrons. The van der Waals surface area contributed by atoms with Crippen LogP contribution in [0.3, 0.4) is 0 Å². The van der Waals surface area contributed by atoms with E-state index in [1.807, 2.05) is 0 Å². The molecule has 1 aliphatic rings. The molecule has 3 heteroatoms. The SMILES string of the molecule is CCCCCCCCC1CN(CCCCCCCC)NN(CCCCCCCC)C1. The minimum absolute atomic E-state index is 0.859. The van der Waals surface area contributed by atoms with Crippen LogP contribution in [0.5, 0.6) is 0 Å². The Balaban J connectivity index is 2.29. The van der Waals surface area contributed by atoms with E-state index < -0.39 is 0 Å². The fraction of sp³-hybridized carbons (Fsp3) is 1.00. The van der Waals surface area contributed by atoms with Crippen molar-refractivity contribution in [3.8, 4) is 0 Å². The Kier molecular flexibility index (Phi) is 19.3. The highest BCUT2D eigenvalue weighted by molar-refractivity contribution is 4.73. The molecule has 0 bridgehead atoms. The molecule has 0 aromatic carbocycles. The first-order chi connectivity index (χ1) is 14.8. The highest BCUT2D eigenvalue weighted by Crippen LogP contribution is 2.19. The largest absolute Gasteiger partial charge is 0.230 e. The van der Waals surface area contributed by atoms with Gasteiger partial charge in [0.1, 0.15) is 0 Å². The van der Waals surface area contributed by atoms with Gasteiger partial charge in [0.2, 0.25) is 0 Å². The molecule has 0 unspecified atom stereocenters. The minimum Gasteiger partial charge on any atom is -0.230 e. The van der Waals surface area contributed by atoms with Crippen molar-refractivity contribution in [2.75, 3.05) is 26.2 Å². The van der Waals surface area contributed by atoms with Gasteiger partial charge in [0.05, 0.1) is 0 Å². The van der Waals surface area contributed by atoms with Crippen molar-refractivity contribution in [2.24, 2.45) is 5.92 Å². The molecular weight excluding hydrogens is 366 g/mol. The molecular formula is C27H57N3. The first kappa shape index (κ1) is 27.9. The molecule has 0 saturated carbocycles. The predicted octanol–water partition coefficient (Wildman–Crippen LogP) is 8.11. The van der Waals surface area contributed by atoms with Crippen LogP contribution in [-0.2, 0) is 0 Å². The van der Waals surface area contributed by atoms with Gasteiger partial charge >= 0.3 is 0 Å². The first-order valence-electron chi connectivity index (χ1n) is 14.1. The van der Waals surface area contributed by atoms with E-state index in [4.69, 9.17) is 0 Å². The lowest BCUT2D eigenvalue weighted by molar-refractivity contribution is -0.0471. The van der Waals surface area contributed by atoms with Gasteiger partial charge in [0.25, 0.3) is 0 Å². The van der Waals surface area contributed by atoms with Crippen LogP contribution in [0.1, 0.15) is 143 Å². The molecule has 1 fully saturated rings. The fourth-order valence-corrected chi connectivity index (χ4v) is 4.81. The molecule has 1 saturated heterocycles. The van der Waals surface area contributed by atoms with E-state index in [2.05, 4.69) is 36.3 Å². The second-order valence-corrected chi connectivity index (χ2v) is 9.95. The smallest absolute Gasteiger partial charge is 0.0185 e. The van der Waals surface area contributed by atoms with Gasteiger partial charge in [-0.15, -0.1) is 0 Å². The summed E-state index contributed by atoms with van der Waals surface area (Å²) < 4.78 is 0. The van der Waals surface area contributed by atoms with Crippen molar-refractivity contribution in [1.29, 1.82) is 0 Å².